The molecule has 2 heteroatoms. The summed E-state index contributed by atoms with van der Waals surface area (Å²) in [6, 6.07) is 0. The minimum Gasteiger partial charge on any atom is -0.330 e. The molecule has 0 saturated carbocycles. The van der Waals surface area contributed by atoms with E-state index in [1.54, 1.807) is 0 Å². The van der Waals surface area contributed by atoms with Gasteiger partial charge in [0.25, 0.3) is 0 Å². The molecule has 1 nitrogen and oxygen atoms in total. The lowest BCUT2D eigenvalue weighted by atomic mass is 9.91. The maximum absolute atomic E-state index is 5.87. The van der Waals surface area contributed by atoms with E-state index < -0.39 is 0 Å². The van der Waals surface area contributed by atoms with Gasteiger partial charge in [0.2, 0.25) is 0 Å². The van der Waals surface area contributed by atoms with Crippen molar-refractivity contribution < 1.29 is 0 Å². The lowest BCUT2D eigenvalue weighted by Gasteiger charge is -2.16. The first-order valence-electron chi connectivity index (χ1n) is 14.0. The van der Waals surface area contributed by atoms with E-state index in [1.165, 1.54) is 154 Å². The van der Waals surface area contributed by atoms with E-state index >= 15 is 0 Å². The molecular weight excluding hydrogens is 386 g/mol. The molecule has 0 radical (unpaired) electrons. The summed E-state index contributed by atoms with van der Waals surface area (Å²) in [4.78, 5) is 0. The van der Waals surface area contributed by atoms with Crippen LogP contribution in [0.15, 0.2) is 0 Å². The molecule has 0 amide bonds. The summed E-state index contributed by atoms with van der Waals surface area (Å²) in [6.07, 6.45) is 34.6. The Morgan fingerprint density at radius 2 is 0.667 bits per heavy atom. The fourth-order valence-corrected chi connectivity index (χ4v) is 4.69. The van der Waals surface area contributed by atoms with Gasteiger partial charge in [-0.1, -0.05) is 162 Å². The zero-order chi connectivity index (χ0) is 21.3. The molecule has 1 unspecified atom stereocenters. The second-order valence-corrected chi connectivity index (χ2v) is 9.74. The van der Waals surface area contributed by atoms with Gasteiger partial charge in [-0.05, 0) is 18.9 Å². The molecule has 1 atom stereocenters. The summed E-state index contributed by atoms with van der Waals surface area (Å²) in [6.45, 7) is 5.49. The second kappa shape index (κ2) is 29.2. The zero-order valence-corrected chi connectivity index (χ0v) is 22.1. The molecular formula is C28H60ClN. The summed E-state index contributed by atoms with van der Waals surface area (Å²) in [5, 5.41) is 0. The molecule has 0 aromatic carbocycles. The Morgan fingerprint density at radius 3 is 0.933 bits per heavy atom. The fraction of sp³-hybridized carbons (Fsp3) is 1.00. The highest BCUT2D eigenvalue weighted by Gasteiger charge is 2.07. The topological polar surface area (TPSA) is 26.0 Å². The van der Waals surface area contributed by atoms with Gasteiger partial charge in [-0.15, -0.1) is 12.4 Å². The van der Waals surface area contributed by atoms with Gasteiger partial charge in [0.05, 0.1) is 0 Å². The maximum atomic E-state index is 5.87. The fourth-order valence-electron chi connectivity index (χ4n) is 4.69. The average molecular weight is 446 g/mol. The van der Waals surface area contributed by atoms with E-state index in [0.29, 0.717) is 0 Å². The Hall–Kier alpha value is 0.250. The van der Waals surface area contributed by atoms with Crippen LogP contribution in [0.2, 0.25) is 0 Å². The SMILES string of the molecule is CCCCCCCCCCCCCCCC(CCN)CCCCCCCCCC.Cl. The molecule has 0 aromatic heterocycles. The Labute approximate surface area is 198 Å². The van der Waals surface area contributed by atoms with E-state index in [4.69, 9.17) is 5.73 Å². The standard InChI is InChI=1S/C28H59N.ClH/c1-3-5-7-9-11-13-14-15-16-17-19-21-23-25-28(26-27-29)24-22-20-18-12-10-8-6-4-2;/h28H,3-27,29H2,1-2H3;1H. The minimum atomic E-state index is 0. The van der Waals surface area contributed by atoms with E-state index in [9.17, 15) is 0 Å². The molecule has 0 bridgehead atoms. The molecule has 30 heavy (non-hydrogen) atoms. The van der Waals surface area contributed by atoms with Crippen molar-refractivity contribution in [3.63, 3.8) is 0 Å². The van der Waals surface area contributed by atoms with Crippen LogP contribution in [0.4, 0.5) is 0 Å². The van der Waals surface area contributed by atoms with Crippen LogP contribution in [0, 0.1) is 5.92 Å². The van der Waals surface area contributed by atoms with Gasteiger partial charge in [-0.2, -0.15) is 0 Å². The van der Waals surface area contributed by atoms with Crippen molar-refractivity contribution in [2.24, 2.45) is 11.7 Å². The number of nitrogens with two attached hydrogens (primary N) is 1. The first-order chi connectivity index (χ1) is 14.3. The van der Waals surface area contributed by atoms with Crippen LogP contribution in [0.5, 0.6) is 0 Å². The van der Waals surface area contributed by atoms with Crippen LogP contribution in [0.25, 0.3) is 0 Å². The molecule has 184 valence electrons. The van der Waals surface area contributed by atoms with Crippen LogP contribution in [-0.2, 0) is 0 Å². The normalized spacial score (nSPS) is 12.1. The monoisotopic (exact) mass is 445 g/mol. The van der Waals surface area contributed by atoms with Gasteiger partial charge in [0.15, 0.2) is 0 Å². The Kier molecular flexibility index (Phi) is 31.6. The molecule has 0 aliphatic heterocycles. The summed E-state index contributed by atoms with van der Waals surface area (Å²) < 4.78 is 0. The molecule has 0 aromatic rings. The predicted molar refractivity (Wildman–Crippen MR) is 142 cm³/mol. The third-order valence-electron chi connectivity index (χ3n) is 6.76. The maximum Gasteiger partial charge on any atom is -0.00746 e. The average Bonchev–Trinajstić information content (AvgIpc) is 2.73. The van der Waals surface area contributed by atoms with Crippen molar-refractivity contribution in [3.8, 4) is 0 Å². The van der Waals surface area contributed by atoms with Gasteiger partial charge in [0.1, 0.15) is 0 Å². The number of halogens is 1. The highest BCUT2D eigenvalue weighted by molar-refractivity contribution is 5.85. The summed E-state index contributed by atoms with van der Waals surface area (Å²) in [7, 11) is 0. The largest absolute Gasteiger partial charge is 0.330 e. The van der Waals surface area contributed by atoms with Gasteiger partial charge in [0, 0.05) is 0 Å². The highest BCUT2D eigenvalue weighted by Crippen LogP contribution is 2.22. The Balaban J connectivity index is 0. The summed E-state index contributed by atoms with van der Waals surface area (Å²) in [5.41, 5.74) is 5.87. The molecule has 0 fully saturated rings. The smallest absolute Gasteiger partial charge is 0.00746 e. The van der Waals surface area contributed by atoms with Crippen molar-refractivity contribution >= 4 is 12.4 Å². The third-order valence-corrected chi connectivity index (χ3v) is 6.76. The van der Waals surface area contributed by atoms with E-state index in [0.717, 1.165) is 12.5 Å². The molecule has 0 rings (SSSR count). The first-order valence-corrected chi connectivity index (χ1v) is 14.0. The zero-order valence-electron chi connectivity index (χ0n) is 21.2. The van der Waals surface area contributed by atoms with E-state index in [2.05, 4.69) is 13.8 Å². The number of hydrogen-bond donors (Lipinski definition) is 1. The first kappa shape index (κ1) is 32.4. The van der Waals surface area contributed by atoms with Crippen molar-refractivity contribution in [2.75, 3.05) is 6.54 Å². The van der Waals surface area contributed by atoms with Crippen molar-refractivity contribution in [3.05, 3.63) is 0 Å². The van der Waals surface area contributed by atoms with E-state index in [-0.39, 0.29) is 12.4 Å². The van der Waals surface area contributed by atoms with Gasteiger partial charge in [-0.3, -0.25) is 0 Å². The predicted octanol–water partition coefficient (Wildman–Crippen LogP) is 10.4. The van der Waals surface area contributed by atoms with Crippen LogP contribution < -0.4 is 5.73 Å². The van der Waals surface area contributed by atoms with Gasteiger partial charge >= 0.3 is 0 Å². The Bertz CT molecular complexity index is 282. The third kappa shape index (κ3) is 26.3. The molecule has 0 aliphatic rings. The Morgan fingerprint density at radius 1 is 0.400 bits per heavy atom. The summed E-state index contributed by atoms with van der Waals surface area (Å²) >= 11 is 0. The minimum absolute atomic E-state index is 0. The van der Waals surface area contributed by atoms with Crippen LogP contribution >= 0.6 is 12.4 Å². The van der Waals surface area contributed by atoms with Crippen molar-refractivity contribution in [1.82, 2.24) is 0 Å². The molecule has 0 aliphatic carbocycles. The molecule has 0 spiro atoms. The number of unbranched alkanes of at least 4 members (excludes halogenated alkanes) is 19. The number of hydrogen-bond acceptors (Lipinski definition) is 1. The van der Waals surface area contributed by atoms with Gasteiger partial charge in [-0.25, -0.2) is 0 Å². The summed E-state index contributed by atoms with van der Waals surface area (Å²) in [5.74, 6) is 0.910. The van der Waals surface area contributed by atoms with Crippen molar-refractivity contribution in [1.29, 1.82) is 0 Å². The second-order valence-electron chi connectivity index (χ2n) is 9.74. The molecule has 0 saturated heterocycles. The molecule has 2 N–H and O–H groups in total. The van der Waals surface area contributed by atoms with E-state index in [1.807, 2.05) is 0 Å². The van der Waals surface area contributed by atoms with Gasteiger partial charge < -0.3 is 5.73 Å². The van der Waals surface area contributed by atoms with Crippen LogP contribution in [0.3, 0.4) is 0 Å². The van der Waals surface area contributed by atoms with Crippen LogP contribution in [0.1, 0.15) is 168 Å². The van der Waals surface area contributed by atoms with Crippen LogP contribution in [-0.4, -0.2) is 6.54 Å². The van der Waals surface area contributed by atoms with Crippen molar-refractivity contribution in [2.45, 2.75) is 168 Å². The lowest BCUT2D eigenvalue weighted by molar-refractivity contribution is 0.384. The molecule has 0 heterocycles. The highest BCUT2D eigenvalue weighted by atomic mass is 35.5. The quantitative estimate of drug-likeness (QED) is 0.139. The number of rotatable bonds is 25. The lowest BCUT2D eigenvalue weighted by Crippen LogP contribution is -2.09.